The molecule has 1 amide bonds. The molecule has 0 saturated carbocycles. The number of carbonyl (C=O) groups is 1. The van der Waals surface area contributed by atoms with Crippen LogP contribution < -0.4 is 9.62 Å². The van der Waals surface area contributed by atoms with Crippen molar-refractivity contribution >= 4 is 27.3 Å². The summed E-state index contributed by atoms with van der Waals surface area (Å²) < 4.78 is 38.2. The summed E-state index contributed by atoms with van der Waals surface area (Å²) in [6.45, 7) is 5.68. The molecule has 26 heavy (non-hydrogen) atoms. The number of hydrogen-bond acceptors (Lipinski definition) is 3. The molecule has 2 rings (SSSR count). The summed E-state index contributed by atoms with van der Waals surface area (Å²) in [5, 5.41) is 2.78. The van der Waals surface area contributed by atoms with E-state index in [1.807, 2.05) is 32.9 Å². The zero-order chi connectivity index (χ0) is 19.5. The van der Waals surface area contributed by atoms with Crippen LogP contribution in [0.2, 0.25) is 0 Å². The third-order valence-corrected chi connectivity index (χ3v) is 4.95. The van der Waals surface area contributed by atoms with Gasteiger partial charge in [0.1, 0.15) is 12.4 Å². The van der Waals surface area contributed by atoms with E-state index in [9.17, 15) is 17.6 Å². The lowest BCUT2D eigenvalue weighted by molar-refractivity contribution is -0.114. The molecule has 0 atom stereocenters. The van der Waals surface area contributed by atoms with Gasteiger partial charge in [0.05, 0.1) is 11.9 Å². The number of halogens is 1. The number of rotatable bonds is 5. The molecular weight excluding hydrogens is 355 g/mol. The summed E-state index contributed by atoms with van der Waals surface area (Å²) in [5.41, 5.74) is 1.63. The molecule has 0 radical (unpaired) electrons. The van der Waals surface area contributed by atoms with Gasteiger partial charge in [-0.15, -0.1) is 0 Å². The Bertz CT molecular complexity index is 888. The third-order valence-electron chi connectivity index (χ3n) is 3.81. The summed E-state index contributed by atoms with van der Waals surface area (Å²) in [7, 11) is -3.71. The van der Waals surface area contributed by atoms with Crippen molar-refractivity contribution in [3.05, 3.63) is 59.9 Å². The largest absolute Gasteiger partial charge is 0.324 e. The fourth-order valence-corrected chi connectivity index (χ4v) is 3.43. The predicted octanol–water partition coefficient (Wildman–Crippen LogP) is 3.53. The standard InChI is InChI=1S/C19H23FN2O3S/c1-19(2,3)16-7-5-6-8-17(16)21-18(23)13-22(26(4,24)25)15-11-9-14(20)10-12-15/h5-12H,13H2,1-4H3,(H,21,23). The van der Waals surface area contributed by atoms with Gasteiger partial charge in [-0.25, -0.2) is 12.8 Å². The van der Waals surface area contributed by atoms with Gasteiger partial charge in [-0.1, -0.05) is 39.0 Å². The molecule has 5 nitrogen and oxygen atoms in total. The smallest absolute Gasteiger partial charge is 0.245 e. The maximum atomic E-state index is 13.1. The second-order valence-corrected chi connectivity index (χ2v) is 9.00. The summed E-state index contributed by atoms with van der Waals surface area (Å²) in [4.78, 5) is 12.5. The minimum Gasteiger partial charge on any atom is -0.324 e. The van der Waals surface area contributed by atoms with E-state index >= 15 is 0 Å². The normalized spacial score (nSPS) is 11.9. The van der Waals surface area contributed by atoms with Crippen LogP contribution in [0, 0.1) is 5.82 Å². The molecule has 0 aliphatic heterocycles. The molecular formula is C19H23FN2O3S. The van der Waals surface area contributed by atoms with Crippen LogP contribution in [0.4, 0.5) is 15.8 Å². The van der Waals surface area contributed by atoms with Gasteiger partial charge in [0.25, 0.3) is 0 Å². The number of nitrogens with one attached hydrogen (secondary N) is 1. The van der Waals surface area contributed by atoms with Crippen molar-refractivity contribution in [2.45, 2.75) is 26.2 Å². The summed E-state index contributed by atoms with van der Waals surface area (Å²) in [6, 6.07) is 12.3. The van der Waals surface area contributed by atoms with Gasteiger partial charge >= 0.3 is 0 Å². The van der Waals surface area contributed by atoms with E-state index < -0.39 is 28.3 Å². The van der Waals surface area contributed by atoms with E-state index in [0.717, 1.165) is 28.3 Å². The molecule has 0 saturated heterocycles. The van der Waals surface area contributed by atoms with Gasteiger partial charge in [0.15, 0.2) is 0 Å². The number of nitrogens with zero attached hydrogens (tertiary/aromatic N) is 1. The van der Waals surface area contributed by atoms with Crippen molar-refractivity contribution in [1.82, 2.24) is 0 Å². The van der Waals surface area contributed by atoms with E-state index in [2.05, 4.69) is 5.32 Å². The first-order chi connectivity index (χ1) is 12.0. The number of benzene rings is 2. The number of anilines is 2. The fourth-order valence-electron chi connectivity index (χ4n) is 2.57. The molecule has 0 aromatic heterocycles. The first-order valence-corrected chi connectivity index (χ1v) is 9.96. The third kappa shape index (κ3) is 5.05. The van der Waals surface area contributed by atoms with Crippen LogP contribution in [-0.2, 0) is 20.2 Å². The number of carbonyl (C=O) groups excluding carboxylic acids is 1. The summed E-state index contributed by atoms with van der Waals surface area (Å²) >= 11 is 0. The number of amides is 1. The van der Waals surface area contributed by atoms with Crippen molar-refractivity contribution < 1.29 is 17.6 Å². The molecule has 0 heterocycles. The summed E-state index contributed by atoms with van der Waals surface area (Å²) in [6.07, 6.45) is 1.01. The van der Waals surface area contributed by atoms with Crippen molar-refractivity contribution in [1.29, 1.82) is 0 Å². The van der Waals surface area contributed by atoms with E-state index in [1.54, 1.807) is 12.1 Å². The van der Waals surface area contributed by atoms with Crippen LogP contribution in [0.1, 0.15) is 26.3 Å². The molecule has 2 aromatic rings. The molecule has 0 bridgehead atoms. The van der Waals surface area contributed by atoms with Crippen molar-refractivity contribution in [3.8, 4) is 0 Å². The lowest BCUT2D eigenvalue weighted by atomic mass is 9.86. The monoisotopic (exact) mass is 378 g/mol. The Morgan fingerprint density at radius 2 is 1.65 bits per heavy atom. The van der Waals surface area contributed by atoms with Gasteiger partial charge in [-0.3, -0.25) is 9.10 Å². The Morgan fingerprint density at radius 3 is 2.19 bits per heavy atom. The van der Waals surface area contributed by atoms with Gasteiger partial charge < -0.3 is 5.32 Å². The van der Waals surface area contributed by atoms with E-state index in [1.165, 1.54) is 12.1 Å². The number of sulfonamides is 1. The molecule has 0 fully saturated rings. The van der Waals surface area contributed by atoms with Crippen LogP contribution in [-0.4, -0.2) is 27.1 Å². The lowest BCUT2D eigenvalue weighted by Crippen LogP contribution is -2.37. The highest BCUT2D eigenvalue weighted by Gasteiger charge is 2.23. The molecule has 0 aliphatic rings. The SMILES string of the molecule is CC(C)(C)c1ccccc1NC(=O)CN(c1ccc(F)cc1)S(C)(=O)=O. The average molecular weight is 378 g/mol. The number of para-hydroxylation sites is 1. The van der Waals surface area contributed by atoms with Gasteiger partial charge in [0, 0.05) is 5.69 Å². The highest BCUT2D eigenvalue weighted by atomic mass is 32.2. The minimum absolute atomic E-state index is 0.183. The van der Waals surface area contributed by atoms with Crippen LogP contribution in [0.15, 0.2) is 48.5 Å². The highest BCUT2D eigenvalue weighted by Crippen LogP contribution is 2.29. The molecule has 7 heteroatoms. The van der Waals surface area contributed by atoms with Crippen LogP contribution in [0.25, 0.3) is 0 Å². The Kier molecular flexibility index (Phi) is 5.71. The maximum absolute atomic E-state index is 13.1. The van der Waals surface area contributed by atoms with Crippen molar-refractivity contribution in [2.75, 3.05) is 22.4 Å². The molecule has 1 N–H and O–H groups in total. The van der Waals surface area contributed by atoms with Gasteiger partial charge in [-0.05, 0) is 41.3 Å². The lowest BCUT2D eigenvalue weighted by Gasteiger charge is -2.25. The van der Waals surface area contributed by atoms with Crippen molar-refractivity contribution in [3.63, 3.8) is 0 Å². The molecule has 0 unspecified atom stereocenters. The Labute approximate surface area is 153 Å². The first-order valence-electron chi connectivity index (χ1n) is 8.11. The zero-order valence-electron chi connectivity index (χ0n) is 15.3. The predicted molar refractivity (Wildman–Crippen MR) is 102 cm³/mol. The molecule has 140 valence electrons. The Morgan fingerprint density at radius 1 is 1.08 bits per heavy atom. The van der Waals surface area contributed by atoms with Gasteiger partial charge in [0.2, 0.25) is 15.9 Å². The first kappa shape index (κ1) is 19.9. The molecule has 0 spiro atoms. The fraction of sp³-hybridized carbons (Fsp3) is 0.316. The molecule has 0 aliphatic carbocycles. The topological polar surface area (TPSA) is 66.5 Å². The highest BCUT2D eigenvalue weighted by molar-refractivity contribution is 7.92. The Hall–Kier alpha value is -2.41. The quantitative estimate of drug-likeness (QED) is 0.866. The maximum Gasteiger partial charge on any atom is 0.245 e. The van der Waals surface area contributed by atoms with Crippen LogP contribution in [0.5, 0.6) is 0 Å². The van der Waals surface area contributed by atoms with Crippen LogP contribution >= 0.6 is 0 Å². The van der Waals surface area contributed by atoms with E-state index in [0.29, 0.717) is 5.69 Å². The second-order valence-electron chi connectivity index (χ2n) is 7.09. The molecule has 2 aromatic carbocycles. The van der Waals surface area contributed by atoms with Gasteiger partial charge in [-0.2, -0.15) is 0 Å². The van der Waals surface area contributed by atoms with E-state index in [4.69, 9.17) is 0 Å². The van der Waals surface area contributed by atoms with Crippen molar-refractivity contribution in [2.24, 2.45) is 0 Å². The second kappa shape index (κ2) is 7.45. The minimum atomic E-state index is -3.71. The average Bonchev–Trinajstić information content (AvgIpc) is 2.52. The number of hydrogen-bond donors (Lipinski definition) is 1. The summed E-state index contributed by atoms with van der Waals surface area (Å²) in [5.74, 6) is -0.956. The Balaban J connectivity index is 2.26. The van der Waals surface area contributed by atoms with E-state index in [-0.39, 0.29) is 11.1 Å². The zero-order valence-corrected chi connectivity index (χ0v) is 16.1. The van der Waals surface area contributed by atoms with Crippen LogP contribution in [0.3, 0.4) is 0 Å².